The molecule has 3 saturated heterocycles. The maximum atomic E-state index is 12.3. The molecule has 6 atom stereocenters. The SMILES string of the molecule is CCC(=O)N1CC2(O)OC34CCC3N(C(C)=O)CC4(O)OC23CCC13. The van der Waals surface area contributed by atoms with Crippen LogP contribution >= 0.6 is 0 Å². The smallest absolute Gasteiger partial charge is 0.222 e. The molecule has 0 aromatic carbocycles. The molecule has 0 aromatic heterocycles. The minimum absolute atomic E-state index is 0.0409. The highest BCUT2D eigenvalue weighted by Crippen LogP contribution is 2.66. The molecular formula is C17H24N2O6. The molecule has 2 saturated carbocycles. The van der Waals surface area contributed by atoms with E-state index in [9.17, 15) is 19.8 Å². The Balaban J connectivity index is 1.56. The molecular weight excluding hydrogens is 328 g/mol. The summed E-state index contributed by atoms with van der Waals surface area (Å²) in [4.78, 5) is 27.5. The minimum Gasteiger partial charge on any atom is -0.362 e. The van der Waals surface area contributed by atoms with Gasteiger partial charge in [0.2, 0.25) is 23.4 Å². The second-order valence-corrected chi connectivity index (χ2v) is 8.18. The molecule has 2 N–H and O–H groups in total. The van der Waals surface area contributed by atoms with Crippen LogP contribution in [-0.2, 0) is 19.1 Å². The van der Waals surface area contributed by atoms with Crippen molar-refractivity contribution < 1.29 is 29.3 Å². The predicted octanol–water partition coefficient (Wildman–Crippen LogP) is -0.673. The first kappa shape index (κ1) is 16.0. The molecule has 25 heavy (non-hydrogen) atoms. The molecule has 3 aliphatic heterocycles. The van der Waals surface area contributed by atoms with Crippen molar-refractivity contribution in [1.82, 2.24) is 9.80 Å². The molecule has 2 aliphatic carbocycles. The fourth-order valence-corrected chi connectivity index (χ4v) is 5.78. The molecule has 138 valence electrons. The molecule has 2 amide bonds. The van der Waals surface area contributed by atoms with Gasteiger partial charge >= 0.3 is 0 Å². The largest absolute Gasteiger partial charge is 0.362 e. The van der Waals surface area contributed by atoms with Gasteiger partial charge in [0.15, 0.2) is 0 Å². The topological polar surface area (TPSA) is 99.5 Å². The molecule has 5 aliphatic rings. The van der Waals surface area contributed by atoms with Gasteiger partial charge in [-0.25, -0.2) is 0 Å². The number of rotatable bonds is 1. The summed E-state index contributed by atoms with van der Waals surface area (Å²) in [5, 5.41) is 22.7. The Hall–Kier alpha value is -1.22. The Bertz CT molecular complexity index is 686. The van der Waals surface area contributed by atoms with Crippen molar-refractivity contribution in [2.24, 2.45) is 0 Å². The lowest BCUT2D eigenvalue weighted by Gasteiger charge is -2.64. The van der Waals surface area contributed by atoms with Gasteiger partial charge in [0, 0.05) is 13.3 Å². The van der Waals surface area contributed by atoms with Crippen LogP contribution in [0.2, 0.25) is 0 Å². The number of aliphatic hydroxyl groups is 2. The number of carbonyl (C=O) groups is 2. The number of hydrogen-bond donors (Lipinski definition) is 2. The van der Waals surface area contributed by atoms with Crippen LogP contribution in [0.5, 0.6) is 0 Å². The summed E-state index contributed by atoms with van der Waals surface area (Å²) in [5.41, 5.74) is -2.21. The molecule has 8 heteroatoms. The zero-order valence-corrected chi connectivity index (χ0v) is 14.5. The third-order valence-electron chi connectivity index (χ3n) is 7.23. The van der Waals surface area contributed by atoms with Crippen LogP contribution in [0.25, 0.3) is 0 Å². The van der Waals surface area contributed by atoms with E-state index in [4.69, 9.17) is 9.47 Å². The van der Waals surface area contributed by atoms with Gasteiger partial charge in [-0.3, -0.25) is 9.59 Å². The number of amides is 2. The molecule has 2 spiro atoms. The Morgan fingerprint density at radius 1 is 1.00 bits per heavy atom. The summed E-state index contributed by atoms with van der Waals surface area (Å²) in [5.74, 6) is -3.47. The zero-order valence-electron chi connectivity index (χ0n) is 14.5. The van der Waals surface area contributed by atoms with E-state index < -0.39 is 22.8 Å². The number of β-amino-alcohol motifs (C(OH)–C–C–N with tert-alkyl or cyclic N) is 2. The summed E-state index contributed by atoms with van der Waals surface area (Å²) in [6.07, 6.45) is 2.79. The van der Waals surface area contributed by atoms with E-state index in [-0.39, 0.29) is 37.0 Å². The molecule has 8 nitrogen and oxygen atoms in total. The molecule has 6 unspecified atom stereocenters. The van der Waals surface area contributed by atoms with Crippen LogP contribution in [-0.4, -0.2) is 79.8 Å². The van der Waals surface area contributed by atoms with Crippen LogP contribution < -0.4 is 0 Å². The van der Waals surface area contributed by atoms with Gasteiger partial charge in [0.1, 0.15) is 11.2 Å². The van der Waals surface area contributed by atoms with Gasteiger partial charge in [-0.05, 0) is 25.7 Å². The monoisotopic (exact) mass is 352 g/mol. The number of ether oxygens (including phenoxy) is 2. The van der Waals surface area contributed by atoms with Gasteiger partial charge in [-0.2, -0.15) is 0 Å². The highest BCUT2D eigenvalue weighted by atomic mass is 16.8. The first-order valence-corrected chi connectivity index (χ1v) is 9.14. The van der Waals surface area contributed by atoms with Crippen LogP contribution in [0.1, 0.15) is 46.0 Å². The first-order valence-electron chi connectivity index (χ1n) is 9.14. The van der Waals surface area contributed by atoms with Crippen molar-refractivity contribution >= 4 is 11.8 Å². The Kier molecular flexibility index (Phi) is 2.79. The van der Waals surface area contributed by atoms with Crippen LogP contribution in [0.15, 0.2) is 0 Å². The second kappa shape index (κ2) is 4.36. The van der Waals surface area contributed by atoms with Gasteiger partial charge in [-0.1, -0.05) is 6.92 Å². The normalized spacial score (nSPS) is 52.5. The maximum Gasteiger partial charge on any atom is 0.222 e. The summed E-state index contributed by atoms with van der Waals surface area (Å²) >= 11 is 0. The lowest BCUT2D eigenvalue weighted by Crippen LogP contribution is -2.81. The summed E-state index contributed by atoms with van der Waals surface area (Å²) < 4.78 is 12.5. The maximum absolute atomic E-state index is 12.3. The first-order chi connectivity index (χ1) is 11.7. The van der Waals surface area contributed by atoms with Crippen LogP contribution in [0.4, 0.5) is 0 Å². The Morgan fingerprint density at radius 3 is 1.88 bits per heavy atom. The Morgan fingerprint density at radius 2 is 1.48 bits per heavy atom. The number of nitrogens with zero attached hydrogens (tertiary/aromatic N) is 2. The average molecular weight is 352 g/mol. The van der Waals surface area contributed by atoms with Gasteiger partial charge in [0.05, 0.1) is 25.2 Å². The average Bonchev–Trinajstić information content (AvgIpc) is 2.78. The summed E-state index contributed by atoms with van der Waals surface area (Å²) in [7, 11) is 0. The fourth-order valence-electron chi connectivity index (χ4n) is 5.78. The summed E-state index contributed by atoms with van der Waals surface area (Å²) in [6, 6.07) is -0.595. The molecule has 0 radical (unpaired) electrons. The molecule has 5 fully saturated rings. The van der Waals surface area contributed by atoms with E-state index >= 15 is 0 Å². The highest BCUT2D eigenvalue weighted by Gasteiger charge is 2.84. The van der Waals surface area contributed by atoms with Crippen molar-refractivity contribution in [3.8, 4) is 0 Å². The van der Waals surface area contributed by atoms with Crippen molar-refractivity contribution in [3.63, 3.8) is 0 Å². The fraction of sp³-hybridized carbons (Fsp3) is 0.882. The molecule has 5 rings (SSSR count). The minimum atomic E-state index is -1.64. The van der Waals surface area contributed by atoms with E-state index in [1.54, 1.807) is 16.7 Å². The van der Waals surface area contributed by atoms with Crippen LogP contribution in [0.3, 0.4) is 0 Å². The highest BCUT2D eigenvalue weighted by molar-refractivity contribution is 5.77. The van der Waals surface area contributed by atoms with Crippen molar-refractivity contribution in [2.45, 2.75) is 80.8 Å². The van der Waals surface area contributed by atoms with Gasteiger partial charge in [0.25, 0.3) is 0 Å². The van der Waals surface area contributed by atoms with E-state index in [1.165, 1.54) is 6.92 Å². The van der Waals surface area contributed by atoms with Gasteiger partial charge in [-0.15, -0.1) is 0 Å². The third-order valence-corrected chi connectivity index (χ3v) is 7.23. The van der Waals surface area contributed by atoms with Crippen molar-refractivity contribution in [2.75, 3.05) is 13.1 Å². The van der Waals surface area contributed by atoms with Crippen molar-refractivity contribution in [1.29, 1.82) is 0 Å². The number of carbonyl (C=O) groups excluding carboxylic acids is 2. The molecule has 0 aromatic rings. The predicted molar refractivity (Wildman–Crippen MR) is 83.0 cm³/mol. The van der Waals surface area contributed by atoms with Crippen LogP contribution in [0, 0.1) is 0 Å². The lowest BCUT2D eigenvalue weighted by atomic mass is 9.65. The molecule has 3 heterocycles. The van der Waals surface area contributed by atoms with E-state index in [0.717, 1.165) is 0 Å². The lowest BCUT2D eigenvalue weighted by molar-refractivity contribution is -0.489. The van der Waals surface area contributed by atoms with E-state index in [0.29, 0.717) is 32.1 Å². The number of hydrogen-bond acceptors (Lipinski definition) is 6. The second-order valence-electron chi connectivity index (χ2n) is 8.18. The van der Waals surface area contributed by atoms with E-state index in [1.807, 2.05) is 0 Å². The van der Waals surface area contributed by atoms with E-state index in [2.05, 4.69) is 0 Å². The number of likely N-dealkylation sites (tertiary alicyclic amines) is 2. The van der Waals surface area contributed by atoms with Crippen molar-refractivity contribution in [3.05, 3.63) is 0 Å². The quantitative estimate of drug-likeness (QED) is 0.649. The third kappa shape index (κ3) is 1.51. The summed E-state index contributed by atoms with van der Waals surface area (Å²) in [6.45, 7) is 3.34. The molecule has 0 bridgehead atoms. The zero-order chi connectivity index (χ0) is 17.8. The Labute approximate surface area is 145 Å². The standard InChI is InChI=1S/C17H24N2O6/c1-3-13(21)19-9-17(23)15(7-5-12(15)19)25-16(22)8-18(10(2)20)11-4-6-14(11,16)24-17/h11-12,22-23H,3-9H2,1-2H3. The van der Waals surface area contributed by atoms with Gasteiger partial charge < -0.3 is 29.5 Å².